The van der Waals surface area contributed by atoms with Crippen molar-refractivity contribution in [3.63, 3.8) is 0 Å². The van der Waals surface area contributed by atoms with Crippen LogP contribution in [0.3, 0.4) is 0 Å². The molecule has 0 spiro atoms. The fraction of sp³-hybridized carbons (Fsp3) is 0.414. The van der Waals surface area contributed by atoms with Crippen molar-refractivity contribution in [2.75, 3.05) is 0 Å². The number of carbonyl (C=O) groups is 1. The van der Waals surface area contributed by atoms with Crippen LogP contribution in [0.4, 0.5) is 0 Å². The van der Waals surface area contributed by atoms with Crippen LogP contribution in [0.2, 0.25) is 0 Å². The lowest BCUT2D eigenvalue weighted by Gasteiger charge is -2.37. The highest BCUT2D eigenvalue weighted by Crippen LogP contribution is 2.30. The van der Waals surface area contributed by atoms with E-state index in [1.807, 2.05) is 18.2 Å². The number of amides is 1. The van der Waals surface area contributed by atoms with E-state index in [1.54, 1.807) is 0 Å². The summed E-state index contributed by atoms with van der Waals surface area (Å²) in [5.74, 6) is 0.215. The minimum Gasteiger partial charge on any atom is -0.345 e. The first-order chi connectivity index (χ1) is 15.7. The molecule has 1 amide bonds. The van der Waals surface area contributed by atoms with E-state index < -0.39 is 0 Å². The van der Waals surface area contributed by atoms with Gasteiger partial charge in [0, 0.05) is 24.5 Å². The summed E-state index contributed by atoms with van der Waals surface area (Å²) in [5.41, 5.74) is 4.99. The molecule has 0 saturated heterocycles. The smallest absolute Gasteiger partial charge is 0.230 e. The summed E-state index contributed by atoms with van der Waals surface area (Å²) in [7, 11) is 0. The summed E-state index contributed by atoms with van der Waals surface area (Å²) in [6, 6.07) is 23.5. The van der Waals surface area contributed by atoms with Crippen molar-refractivity contribution in [2.24, 2.45) is 0 Å². The first kappa shape index (κ1) is 22.4. The highest BCUT2D eigenvalue weighted by Gasteiger charge is 2.31. The Morgan fingerprint density at radius 3 is 2.41 bits per heavy atom. The Labute approximate surface area is 193 Å². The van der Waals surface area contributed by atoms with Crippen molar-refractivity contribution < 1.29 is 4.79 Å². The number of carbonyl (C=O) groups excluding carboxylic acids is 1. The normalized spacial score (nSPS) is 15.4. The van der Waals surface area contributed by atoms with Crippen LogP contribution in [-0.2, 0) is 17.9 Å². The zero-order valence-corrected chi connectivity index (χ0v) is 19.5. The third-order valence-electron chi connectivity index (χ3n) is 7.06. The molecule has 4 rings (SSSR count). The summed E-state index contributed by atoms with van der Waals surface area (Å²) >= 11 is 0. The largest absolute Gasteiger partial charge is 0.345 e. The van der Waals surface area contributed by atoms with Crippen LogP contribution in [0, 0.1) is 6.92 Å². The highest BCUT2D eigenvalue weighted by atomic mass is 16.2. The number of hydrogen-bond acceptors (Lipinski definition) is 1. The first-order valence-electron chi connectivity index (χ1n) is 12.2. The van der Waals surface area contributed by atoms with Gasteiger partial charge in [0.2, 0.25) is 5.91 Å². The molecule has 32 heavy (non-hydrogen) atoms. The van der Waals surface area contributed by atoms with E-state index in [4.69, 9.17) is 0 Å². The molecule has 1 aromatic heterocycles. The van der Waals surface area contributed by atoms with Crippen LogP contribution < -0.4 is 0 Å². The lowest BCUT2D eigenvalue weighted by Crippen LogP contribution is -2.43. The lowest BCUT2D eigenvalue weighted by molar-refractivity contribution is -0.136. The molecule has 168 valence electrons. The van der Waals surface area contributed by atoms with Gasteiger partial charge < -0.3 is 9.47 Å². The van der Waals surface area contributed by atoms with E-state index in [2.05, 4.69) is 78.0 Å². The molecule has 0 N–H and O–H groups in total. The minimum atomic E-state index is -0.0714. The number of rotatable bonds is 8. The minimum absolute atomic E-state index is 0.0714. The molecular weight excluding hydrogens is 392 g/mol. The van der Waals surface area contributed by atoms with Crippen LogP contribution in [0.25, 0.3) is 0 Å². The van der Waals surface area contributed by atoms with Crippen molar-refractivity contribution in [1.82, 2.24) is 9.47 Å². The van der Waals surface area contributed by atoms with Gasteiger partial charge in [-0.3, -0.25) is 4.79 Å². The van der Waals surface area contributed by atoms with Gasteiger partial charge in [-0.1, -0.05) is 80.8 Å². The summed E-state index contributed by atoms with van der Waals surface area (Å²) in [4.78, 5) is 16.2. The van der Waals surface area contributed by atoms with Gasteiger partial charge in [-0.2, -0.15) is 0 Å². The predicted molar refractivity (Wildman–Crippen MR) is 132 cm³/mol. The van der Waals surface area contributed by atoms with Gasteiger partial charge in [-0.15, -0.1) is 0 Å². The van der Waals surface area contributed by atoms with Gasteiger partial charge in [-0.25, -0.2) is 0 Å². The average Bonchev–Trinajstić information content (AvgIpc) is 3.27. The number of hydrogen-bond donors (Lipinski definition) is 0. The molecule has 1 aliphatic carbocycles. The molecule has 1 fully saturated rings. The van der Waals surface area contributed by atoms with Gasteiger partial charge in [0.1, 0.15) is 0 Å². The fourth-order valence-corrected chi connectivity index (χ4v) is 5.11. The highest BCUT2D eigenvalue weighted by molar-refractivity contribution is 5.84. The molecule has 0 aliphatic heterocycles. The van der Waals surface area contributed by atoms with Gasteiger partial charge in [-0.05, 0) is 55.0 Å². The third kappa shape index (κ3) is 5.15. The molecule has 3 aromatic rings. The number of aromatic nitrogens is 1. The van der Waals surface area contributed by atoms with Crippen LogP contribution in [-0.4, -0.2) is 21.4 Å². The monoisotopic (exact) mass is 428 g/mol. The van der Waals surface area contributed by atoms with Crippen molar-refractivity contribution in [1.29, 1.82) is 0 Å². The van der Waals surface area contributed by atoms with Gasteiger partial charge in [0.05, 0.1) is 12.5 Å². The summed E-state index contributed by atoms with van der Waals surface area (Å²) in [6.07, 6.45) is 8.96. The topological polar surface area (TPSA) is 25.2 Å². The molecule has 0 bridgehead atoms. The Bertz CT molecular complexity index is 1000. The van der Waals surface area contributed by atoms with E-state index in [0.29, 0.717) is 12.6 Å². The van der Waals surface area contributed by atoms with Crippen LogP contribution in [0.15, 0.2) is 72.9 Å². The summed E-state index contributed by atoms with van der Waals surface area (Å²) in [5, 5.41) is 0. The molecule has 0 unspecified atom stereocenters. The van der Waals surface area contributed by atoms with Gasteiger partial charge in [0.25, 0.3) is 0 Å². The van der Waals surface area contributed by atoms with E-state index in [9.17, 15) is 4.79 Å². The number of nitrogens with zero attached hydrogens (tertiary/aromatic N) is 2. The van der Waals surface area contributed by atoms with Crippen LogP contribution in [0.5, 0.6) is 0 Å². The average molecular weight is 429 g/mol. The van der Waals surface area contributed by atoms with Crippen molar-refractivity contribution in [3.05, 3.63) is 95.3 Å². The van der Waals surface area contributed by atoms with Crippen molar-refractivity contribution >= 4 is 5.91 Å². The summed E-state index contributed by atoms with van der Waals surface area (Å²) in [6.45, 7) is 5.83. The summed E-state index contributed by atoms with van der Waals surface area (Å²) < 4.78 is 2.31. The molecule has 0 radical (unpaired) electrons. The predicted octanol–water partition coefficient (Wildman–Crippen LogP) is 6.70. The first-order valence-corrected chi connectivity index (χ1v) is 12.2. The fourth-order valence-electron chi connectivity index (χ4n) is 5.11. The SMILES string of the molecule is CC[C@@H](C(=O)N(Cc1cccn1Cc1ccccc1C)C1CCCCC1)c1ccccc1. The molecule has 1 atom stereocenters. The Balaban J connectivity index is 1.60. The third-order valence-corrected chi connectivity index (χ3v) is 7.06. The maximum Gasteiger partial charge on any atom is 0.230 e. The van der Waals surface area contributed by atoms with Crippen molar-refractivity contribution in [3.8, 4) is 0 Å². The Morgan fingerprint density at radius 1 is 0.969 bits per heavy atom. The molecule has 1 heterocycles. The zero-order valence-electron chi connectivity index (χ0n) is 19.5. The molecule has 1 saturated carbocycles. The Morgan fingerprint density at radius 2 is 1.69 bits per heavy atom. The molecular formula is C29H36N2O. The van der Waals surface area contributed by atoms with E-state index >= 15 is 0 Å². The van der Waals surface area contributed by atoms with E-state index in [1.165, 1.54) is 36.1 Å². The lowest BCUT2D eigenvalue weighted by atomic mass is 9.90. The van der Waals surface area contributed by atoms with E-state index in [-0.39, 0.29) is 11.8 Å². The number of benzene rings is 2. The Hall–Kier alpha value is -2.81. The maximum atomic E-state index is 13.9. The molecule has 2 aromatic carbocycles. The quantitative estimate of drug-likeness (QED) is 0.392. The second kappa shape index (κ2) is 10.7. The Kier molecular flexibility index (Phi) is 7.47. The van der Waals surface area contributed by atoms with Gasteiger partial charge in [0.15, 0.2) is 0 Å². The second-order valence-corrected chi connectivity index (χ2v) is 9.18. The second-order valence-electron chi connectivity index (χ2n) is 9.18. The maximum absolute atomic E-state index is 13.9. The van der Waals surface area contributed by atoms with Gasteiger partial charge >= 0.3 is 0 Å². The van der Waals surface area contributed by atoms with Crippen LogP contribution >= 0.6 is 0 Å². The van der Waals surface area contributed by atoms with E-state index in [0.717, 1.165) is 31.4 Å². The van der Waals surface area contributed by atoms with Crippen LogP contribution in [0.1, 0.15) is 73.8 Å². The molecule has 1 aliphatic rings. The van der Waals surface area contributed by atoms with Crippen molar-refractivity contribution in [2.45, 2.75) is 77.4 Å². The molecule has 3 heteroatoms. The standard InChI is InChI=1S/C29H36N2O/c1-3-28(24-14-6-4-7-15-24)29(32)31(26-17-8-5-9-18-26)22-27-19-12-20-30(27)21-25-16-11-10-13-23(25)2/h4,6-7,10-16,19-20,26,28H,3,5,8-9,17-18,21-22H2,1-2H3/t28-/m1/s1. The number of aryl methyl sites for hydroxylation is 1. The zero-order chi connectivity index (χ0) is 22.3. The molecule has 3 nitrogen and oxygen atoms in total.